The van der Waals surface area contributed by atoms with Crippen LogP contribution in [0.5, 0.6) is 0 Å². The summed E-state index contributed by atoms with van der Waals surface area (Å²) in [4.78, 5) is 2.42. The maximum Gasteiger partial charge on any atom is 0.154 e. The molecule has 1 N–H and O–H groups in total. The molecule has 1 fully saturated rings. The third kappa shape index (κ3) is 3.91. The molecule has 158 valence electrons. The Labute approximate surface area is 182 Å². The number of benzene rings is 1. The second kappa shape index (κ2) is 8.48. The number of fused-ring (bicyclic) bond motifs is 1. The van der Waals surface area contributed by atoms with Gasteiger partial charge in [-0.05, 0) is 61.4 Å². The summed E-state index contributed by atoms with van der Waals surface area (Å²) in [6, 6.07) is 12.6. The van der Waals surface area contributed by atoms with Crippen LogP contribution in [-0.4, -0.2) is 39.1 Å². The van der Waals surface area contributed by atoms with Gasteiger partial charge in [-0.15, -0.1) is 10.2 Å². The zero-order chi connectivity index (χ0) is 21.2. The number of piperidine rings is 1. The highest BCUT2D eigenvalue weighted by molar-refractivity contribution is 5.66. The van der Waals surface area contributed by atoms with E-state index in [4.69, 9.17) is 10.4 Å². The van der Waals surface area contributed by atoms with E-state index in [1.165, 1.54) is 17.5 Å². The van der Waals surface area contributed by atoms with Crippen molar-refractivity contribution >= 4 is 5.82 Å². The van der Waals surface area contributed by atoms with Crippen LogP contribution in [0.3, 0.4) is 0 Å². The van der Waals surface area contributed by atoms with Crippen LogP contribution in [0.25, 0.3) is 11.4 Å². The van der Waals surface area contributed by atoms with Gasteiger partial charge < -0.3 is 10.2 Å². The Kier molecular flexibility index (Phi) is 5.39. The monoisotopic (exact) mass is 413 g/mol. The topological polar surface area (TPSA) is 82.7 Å². The van der Waals surface area contributed by atoms with E-state index in [1.54, 1.807) is 0 Å². The first-order valence-electron chi connectivity index (χ1n) is 11.1. The molecular weight excluding hydrogens is 386 g/mol. The maximum atomic E-state index is 9.08. The van der Waals surface area contributed by atoms with E-state index in [9.17, 15) is 0 Å². The van der Waals surface area contributed by atoms with Crippen molar-refractivity contribution in [2.75, 3.05) is 18.0 Å². The molecule has 0 atom stereocenters. The van der Waals surface area contributed by atoms with Crippen molar-refractivity contribution in [1.29, 1.82) is 5.26 Å². The SMILES string of the molecule is Cn1nccc1-c1nnc(N2CCC(NCc3cccc(C#N)c3)CC2)c2c1CCC2. The van der Waals surface area contributed by atoms with Crippen LogP contribution >= 0.6 is 0 Å². The highest BCUT2D eigenvalue weighted by Gasteiger charge is 2.28. The first-order valence-corrected chi connectivity index (χ1v) is 11.1. The molecule has 1 aromatic carbocycles. The van der Waals surface area contributed by atoms with Crippen molar-refractivity contribution < 1.29 is 0 Å². The average molecular weight is 414 g/mol. The number of nitrogens with zero attached hydrogens (tertiary/aromatic N) is 6. The molecule has 0 radical (unpaired) electrons. The minimum absolute atomic E-state index is 0.483. The Hall–Kier alpha value is -3.24. The summed E-state index contributed by atoms with van der Waals surface area (Å²) in [5.74, 6) is 1.08. The van der Waals surface area contributed by atoms with Gasteiger partial charge in [0.2, 0.25) is 0 Å². The quantitative estimate of drug-likeness (QED) is 0.692. The summed E-state index contributed by atoms with van der Waals surface area (Å²) in [5.41, 5.74) is 6.65. The van der Waals surface area contributed by atoms with Gasteiger partial charge in [0.25, 0.3) is 0 Å². The first kappa shape index (κ1) is 19.7. The highest BCUT2D eigenvalue weighted by Crippen LogP contribution is 2.35. The van der Waals surface area contributed by atoms with E-state index in [2.05, 4.69) is 32.5 Å². The van der Waals surface area contributed by atoms with Gasteiger partial charge in [-0.3, -0.25) is 4.68 Å². The largest absolute Gasteiger partial charge is 0.355 e. The van der Waals surface area contributed by atoms with Gasteiger partial charge in [-0.2, -0.15) is 10.4 Å². The van der Waals surface area contributed by atoms with E-state index in [1.807, 2.05) is 42.2 Å². The van der Waals surface area contributed by atoms with Crippen molar-refractivity contribution in [1.82, 2.24) is 25.3 Å². The molecule has 7 heteroatoms. The fourth-order valence-corrected chi connectivity index (χ4v) is 4.84. The number of hydrogen-bond acceptors (Lipinski definition) is 6. The molecule has 0 unspecified atom stereocenters. The third-order valence-electron chi connectivity index (χ3n) is 6.53. The van der Waals surface area contributed by atoms with Crippen molar-refractivity contribution in [3.8, 4) is 17.5 Å². The molecule has 0 amide bonds. The summed E-state index contributed by atoms with van der Waals surface area (Å²) >= 11 is 0. The number of nitriles is 1. The molecule has 0 saturated carbocycles. The van der Waals surface area contributed by atoms with E-state index in [0.29, 0.717) is 6.04 Å². The standard InChI is InChI=1S/C24H27N7/c1-30-22(8-11-27-30)23-20-6-3-7-21(20)24(29-28-23)31-12-9-19(10-13-31)26-16-18-5-2-4-17(14-18)15-25/h2,4-5,8,11,14,19,26H,3,6-7,9-10,12-13,16H2,1H3. The van der Waals surface area contributed by atoms with Crippen LogP contribution < -0.4 is 10.2 Å². The molecule has 31 heavy (non-hydrogen) atoms. The van der Waals surface area contributed by atoms with E-state index in [-0.39, 0.29) is 0 Å². The van der Waals surface area contributed by atoms with E-state index < -0.39 is 0 Å². The van der Waals surface area contributed by atoms with Crippen LogP contribution in [0.1, 0.15) is 41.5 Å². The Morgan fingerprint density at radius 2 is 1.97 bits per heavy atom. The van der Waals surface area contributed by atoms with Crippen LogP contribution in [0.15, 0.2) is 36.5 Å². The summed E-state index contributed by atoms with van der Waals surface area (Å²) in [5, 5.41) is 26.4. The average Bonchev–Trinajstić information content (AvgIpc) is 3.47. The highest BCUT2D eigenvalue weighted by atomic mass is 15.3. The Balaban J connectivity index is 1.25. The lowest BCUT2D eigenvalue weighted by molar-refractivity contribution is 0.412. The molecule has 0 bridgehead atoms. The second-order valence-corrected chi connectivity index (χ2v) is 8.48. The Morgan fingerprint density at radius 3 is 2.74 bits per heavy atom. The lowest BCUT2D eigenvalue weighted by Gasteiger charge is -2.34. The van der Waals surface area contributed by atoms with E-state index >= 15 is 0 Å². The minimum Gasteiger partial charge on any atom is -0.355 e. The Morgan fingerprint density at radius 1 is 1.13 bits per heavy atom. The summed E-state index contributed by atoms with van der Waals surface area (Å²) in [7, 11) is 1.96. The number of aryl methyl sites for hydroxylation is 1. The molecule has 3 aromatic rings. The predicted octanol–water partition coefficient (Wildman–Crippen LogP) is 3.00. The number of anilines is 1. The van der Waals surface area contributed by atoms with Crippen molar-refractivity contribution in [2.45, 2.75) is 44.7 Å². The van der Waals surface area contributed by atoms with Gasteiger partial charge in [0.1, 0.15) is 5.69 Å². The summed E-state index contributed by atoms with van der Waals surface area (Å²) in [6.07, 6.45) is 7.30. The molecule has 1 saturated heterocycles. The predicted molar refractivity (Wildman–Crippen MR) is 119 cm³/mol. The molecule has 2 aromatic heterocycles. The van der Waals surface area contributed by atoms with Crippen molar-refractivity contribution in [3.63, 3.8) is 0 Å². The van der Waals surface area contributed by atoms with Crippen LogP contribution in [0.2, 0.25) is 0 Å². The van der Waals surface area contributed by atoms with Gasteiger partial charge in [0.15, 0.2) is 5.82 Å². The molecule has 3 heterocycles. The van der Waals surface area contributed by atoms with Crippen LogP contribution in [0, 0.1) is 11.3 Å². The van der Waals surface area contributed by atoms with Gasteiger partial charge in [0, 0.05) is 44.5 Å². The number of nitrogens with one attached hydrogen (secondary N) is 1. The zero-order valence-corrected chi connectivity index (χ0v) is 17.9. The van der Waals surface area contributed by atoms with Gasteiger partial charge in [0.05, 0.1) is 17.3 Å². The molecule has 0 spiro atoms. The molecule has 2 aliphatic rings. The molecule has 1 aliphatic carbocycles. The number of aromatic nitrogens is 4. The molecule has 5 rings (SSSR count). The van der Waals surface area contributed by atoms with Crippen molar-refractivity contribution in [2.24, 2.45) is 7.05 Å². The second-order valence-electron chi connectivity index (χ2n) is 8.48. The Bertz CT molecular complexity index is 1120. The normalized spacial score (nSPS) is 16.3. The fourth-order valence-electron chi connectivity index (χ4n) is 4.84. The van der Waals surface area contributed by atoms with Gasteiger partial charge >= 0.3 is 0 Å². The first-order chi connectivity index (χ1) is 15.2. The zero-order valence-electron chi connectivity index (χ0n) is 17.9. The molecular formula is C24H27N7. The van der Waals surface area contributed by atoms with Crippen LogP contribution in [-0.2, 0) is 26.4 Å². The summed E-state index contributed by atoms with van der Waals surface area (Å²) < 4.78 is 1.88. The number of rotatable bonds is 5. The molecule has 7 nitrogen and oxygen atoms in total. The van der Waals surface area contributed by atoms with Crippen molar-refractivity contribution in [3.05, 3.63) is 58.8 Å². The smallest absolute Gasteiger partial charge is 0.154 e. The fraction of sp³-hybridized carbons (Fsp3) is 0.417. The lowest BCUT2D eigenvalue weighted by atomic mass is 10.0. The molecule has 1 aliphatic heterocycles. The lowest BCUT2D eigenvalue weighted by Crippen LogP contribution is -2.43. The van der Waals surface area contributed by atoms with Gasteiger partial charge in [-0.1, -0.05) is 12.1 Å². The third-order valence-corrected chi connectivity index (χ3v) is 6.53. The number of hydrogen-bond donors (Lipinski definition) is 1. The summed E-state index contributed by atoms with van der Waals surface area (Å²) in [6.45, 7) is 2.78. The maximum absolute atomic E-state index is 9.08. The van der Waals surface area contributed by atoms with E-state index in [0.717, 1.165) is 73.7 Å². The van der Waals surface area contributed by atoms with Gasteiger partial charge in [-0.25, -0.2) is 0 Å². The minimum atomic E-state index is 0.483. The van der Waals surface area contributed by atoms with Crippen LogP contribution in [0.4, 0.5) is 5.82 Å².